The Bertz CT molecular complexity index is 806. The van der Waals surface area contributed by atoms with Crippen molar-refractivity contribution in [3.05, 3.63) is 65.2 Å². The van der Waals surface area contributed by atoms with Gasteiger partial charge < -0.3 is 10.2 Å². The molecule has 1 saturated heterocycles. The van der Waals surface area contributed by atoms with Gasteiger partial charge in [-0.3, -0.25) is 4.79 Å². The highest BCUT2D eigenvalue weighted by Crippen LogP contribution is 2.40. The van der Waals surface area contributed by atoms with Crippen molar-refractivity contribution in [1.82, 2.24) is 4.90 Å². The van der Waals surface area contributed by atoms with Gasteiger partial charge in [0, 0.05) is 42.7 Å². The minimum Gasteiger partial charge on any atom is -0.381 e. The molecule has 2 atom stereocenters. The fourth-order valence-electron chi connectivity index (χ4n) is 4.13. The predicted molar refractivity (Wildman–Crippen MR) is 97.6 cm³/mol. The van der Waals surface area contributed by atoms with Crippen molar-refractivity contribution < 1.29 is 13.6 Å². The Morgan fingerprint density at radius 3 is 2.69 bits per heavy atom. The van der Waals surface area contributed by atoms with Gasteiger partial charge in [-0.2, -0.15) is 0 Å². The Labute approximate surface area is 152 Å². The summed E-state index contributed by atoms with van der Waals surface area (Å²) >= 11 is 0. The molecular formula is C21H22F2N2O. The fourth-order valence-corrected chi connectivity index (χ4v) is 4.13. The Balaban J connectivity index is 1.31. The minimum atomic E-state index is -0.327. The van der Waals surface area contributed by atoms with Crippen molar-refractivity contribution in [3.8, 4) is 0 Å². The summed E-state index contributed by atoms with van der Waals surface area (Å²) in [7, 11) is 0. The highest BCUT2D eigenvalue weighted by atomic mass is 19.1. The molecule has 0 aromatic heterocycles. The van der Waals surface area contributed by atoms with Gasteiger partial charge in [0.25, 0.3) is 0 Å². The van der Waals surface area contributed by atoms with Crippen molar-refractivity contribution in [2.75, 3.05) is 25.0 Å². The molecule has 0 saturated carbocycles. The number of rotatable bonds is 5. The van der Waals surface area contributed by atoms with E-state index in [1.54, 1.807) is 18.2 Å². The van der Waals surface area contributed by atoms with Gasteiger partial charge in [-0.15, -0.1) is 0 Å². The number of nitrogens with zero attached hydrogens (tertiary/aromatic N) is 1. The number of nitrogens with one attached hydrogen (secondary N) is 1. The quantitative estimate of drug-likeness (QED) is 0.815. The van der Waals surface area contributed by atoms with Crippen molar-refractivity contribution in [1.29, 1.82) is 0 Å². The van der Waals surface area contributed by atoms with Crippen molar-refractivity contribution >= 4 is 11.5 Å². The van der Waals surface area contributed by atoms with Crippen LogP contribution in [0, 0.1) is 11.6 Å². The van der Waals surface area contributed by atoms with Crippen LogP contribution in [0.3, 0.4) is 0 Å². The second kappa shape index (κ2) is 7.16. The third-order valence-corrected chi connectivity index (χ3v) is 5.50. The summed E-state index contributed by atoms with van der Waals surface area (Å²) in [5, 5.41) is 3.51. The average Bonchev–Trinajstić information content (AvgIpc) is 2.99. The molecule has 3 nitrogen and oxygen atoms in total. The van der Waals surface area contributed by atoms with E-state index >= 15 is 0 Å². The maximum Gasteiger partial charge on any atom is 0.162 e. The predicted octanol–water partition coefficient (Wildman–Crippen LogP) is 4.21. The third-order valence-electron chi connectivity index (χ3n) is 5.50. The lowest BCUT2D eigenvalue weighted by Crippen LogP contribution is -2.42. The largest absolute Gasteiger partial charge is 0.381 e. The molecule has 4 rings (SSSR count). The number of carbonyl (C=O) groups is 1. The zero-order valence-corrected chi connectivity index (χ0v) is 14.6. The van der Waals surface area contributed by atoms with Crippen molar-refractivity contribution in [2.24, 2.45) is 0 Å². The molecule has 0 aliphatic carbocycles. The molecule has 26 heavy (non-hydrogen) atoms. The summed E-state index contributed by atoms with van der Waals surface area (Å²) in [4.78, 5) is 14.6. The highest BCUT2D eigenvalue weighted by molar-refractivity contribution is 5.95. The lowest BCUT2D eigenvalue weighted by Gasteiger charge is -2.35. The van der Waals surface area contributed by atoms with Crippen LogP contribution in [0.5, 0.6) is 0 Å². The first-order valence-corrected chi connectivity index (χ1v) is 9.17. The number of piperidine rings is 1. The second-order valence-corrected chi connectivity index (χ2v) is 7.21. The number of anilines is 1. The number of benzene rings is 2. The molecule has 0 amide bonds. The number of ketones is 1. The SMILES string of the molecule is O=C(CCCN1CC[C@H]2Nc3ccc(F)cc3[C@H]2C1)c1ccc(F)cc1. The molecule has 2 heterocycles. The number of hydrogen-bond acceptors (Lipinski definition) is 3. The zero-order chi connectivity index (χ0) is 18.1. The standard InChI is InChI=1S/C21H22F2N2O/c22-15-5-3-14(4-6-15)21(26)2-1-10-25-11-9-20-18(13-25)17-12-16(23)7-8-19(17)24-20/h3-8,12,18,20,24H,1-2,9-11,13H2/t18-,20-/m1/s1. The Morgan fingerprint density at radius 1 is 1.12 bits per heavy atom. The number of likely N-dealkylation sites (tertiary alicyclic amines) is 1. The number of halogens is 2. The summed E-state index contributed by atoms with van der Waals surface area (Å²) in [6.07, 6.45) is 2.25. The van der Waals surface area contributed by atoms with Crippen molar-refractivity contribution in [2.45, 2.75) is 31.2 Å². The molecule has 136 valence electrons. The molecule has 1 fully saturated rings. The first-order chi connectivity index (χ1) is 12.6. The van der Waals surface area contributed by atoms with E-state index in [1.807, 2.05) is 6.07 Å². The molecule has 1 N–H and O–H groups in total. The molecule has 0 unspecified atom stereocenters. The lowest BCUT2D eigenvalue weighted by molar-refractivity contribution is 0.0971. The van der Waals surface area contributed by atoms with E-state index in [1.165, 1.54) is 18.2 Å². The second-order valence-electron chi connectivity index (χ2n) is 7.21. The smallest absolute Gasteiger partial charge is 0.162 e. The maximum atomic E-state index is 13.6. The monoisotopic (exact) mass is 356 g/mol. The first-order valence-electron chi connectivity index (χ1n) is 9.17. The van der Waals surface area contributed by atoms with Gasteiger partial charge in [0.2, 0.25) is 0 Å². The van der Waals surface area contributed by atoms with Crippen LogP contribution in [-0.2, 0) is 0 Å². The maximum absolute atomic E-state index is 13.6. The summed E-state index contributed by atoms with van der Waals surface area (Å²) < 4.78 is 26.5. The van der Waals surface area contributed by atoms with Crippen LogP contribution >= 0.6 is 0 Å². The van der Waals surface area contributed by atoms with Gasteiger partial charge in [0.15, 0.2) is 5.78 Å². The van der Waals surface area contributed by atoms with E-state index in [0.717, 1.165) is 43.7 Å². The minimum absolute atomic E-state index is 0.0508. The molecule has 5 heteroatoms. The van der Waals surface area contributed by atoms with Crippen molar-refractivity contribution in [3.63, 3.8) is 0 Å². The van der Waals surface area contributed by atoms with Gasteiger partial charge >= 0.3 is 0 Å². The van der Waals surface area contributed by atoms with E-state index in [9.17, 15) is 13.6 Å². The van der Waals surface area contributed by atoms with E-state index in [-0.39, 0.29) is 17.4 Å². The van der Waals surface area contributed by atoms with Gasteiger partial charge in [0.1, 0.15) is 11.6 Å². The van der Waals surface area contributed by atoms with Crippen LogP contribution < -0.4 is 5.32 Å². The highest BCUT2D eigenvalue weighted by Gasteiger charge is 2.36. The molecule has 2 aromatic rings. The van der Waals surface area contributed by atoms with Crippen LogP contribution in [0.1, 0.15) is 41.1 Å². The molecule has 0 radical (unpaired) electrons. The summed E-state index contributed by atoms with van der Waals surface area (Å²) in [6.45, 7) is 2.72. The van der Waals surface area contributed by atoms with Gasteiger partial charge in [-0.25, -0.2) is 8.78 Å². The molecule has 2 aromatic carbocycles. The molecule has 0 bridgehead atoms. The van der Waals surface area contributed by atoms with E-state index in [4.69, 9.17) is 0 Å². The summed E-state index contributed by atoms with van der Waals surface area (Å²) in [5.41, 5.74) is 2.69. The van der Waals surface area contributed by atoms with Crippen LogP contribution in [0.15, 0.2) is 42.5 Å². The Morgan fingerprint density at radius 2 is 1.88 bits per heavy atom. The molecule has 2 aliphatic rings. The average molecular weight is 356 g/mol. The summed E-state index contributed by atoms with van der Waals surface area (Å²) in [6, 6.07) is 11.1. The van der Waals surface area contributed by atoms with Crippen LogP contribution in [-0.4, -0.2) is 36.4 Å². The van der Waals surface area contributed by atoms with Crippen LogP contribution in [0.2, 0.25) is 0 Å². The first kappa shape index (κ1) is 17.2. The summed E-state index contributed by atoms with van der Waals surface area (Å²) in [5.74, 6) is -0.156. The van der Waals surface area contributed by atoms with E-state index in [2.05, 4.69) is 10.2 Å². The number of carbonyl (C=O) groups excluding carboxylic acids is 1. The van der Waals surface area contributed by atoms with E-state index in [0.29, 0.717) is 23.9 Å². The molecular weight excluding hydrogens is 334 g/mol. The third kappa shape index (κ3) is 3.49. The lowest BCUT2D eigenvalue weighted by atomic mass is 9.89. The normalized spacial score (nSPS) is 21.8. The Hall–Kier alpha value is -2.27. The van der Waals surface area contributed by atoms with Gasteiger partial charge in [-0.05, 0) is 67.4 Å². The zero-order valence-electron chi connectivity index (χ0n) is 14.6. The Kier molecular flexibility index (Phi) is 4.72. The van der Waals surface area contributed by atoms with Crippen LogP contribution in [0.25, 0.3) is 0 Å². The number of fused-ring (bicyclic) bond motifs is 3. The molecule has 2 aliphatic heterocycles. The fraction of sp³-hybridized carbons (Fsp3) is 0.381. The molecule has 0 spiro atoms. The number of hydrogen-bond donors (Lipinski definition) is 1. The van der Waals surface area contributed by atoms with Crippen LogP contribution in [0.4, 0.5) is 14.5 Å². The van der Waals surface area contributed by atoms with Gasteiger partial charge in [0.05, 0.1) is 0 Å². The topological polar surface area (TPSA) is 32.3 Å². The van der Waals surface area contributed by atoms with E-state index < -0.39 is 0 Å². The van der Waals surface area contributed by atoms with Gasteiger partial charge in [-0.1, -0.05) is 0 Å². The number of Topliss-reactive ketones (excluding diaryl/α,β-unsaturated/α-hetero) is 1.